The summed E-state index contributed by atoms with van der Waals surface area (Å²) in [6, 6.07) is 6.41. The minimum absolute atomic E-state index is 0.168. The van der Waals surface area contributed by atoms with Crippen molar-refractivity contribution in [2.24, 2.45) is 0 Å². The number of benzene rings is 1. The zero-order chi connectivity index (χ0) is 11.8. The Hall–Kier alpha value is -1.10. The van der Waals surface area contributed by atoms with Gasteiger partial charge in [-0.1, -0.05) is 12.1 Å². The largest absolute Gasteiger partial charge is 0.398 e. The molecule has 16 heavy (non-hydrogen) atoms. The summed E-state index contributed by atoms with van der Waals surface area (Å²) in [6.07, 6.45) is 0.958. The Morgan fingerprint density at radius 3 is 2.50 bits per heavy atom. The van der Waals surface area contributed by atoms with Crippen molar-refractivity contribution in [3.8, 4) is 0 Å². The third-order valence-electron chi connectivity index (χ3n) is 3.66. The van der Waals surface area contributed by atoms with Crippen molar-refractivity contribution in [1.29, 1.82) is 0 Å². The molecule has 0 heterocycles. The molecule has 1 aliphatic carbocycles. The van der Waals surface area contributed by atoms with E-state index in [-0.39, 0.29) is 5.66 Å². The number of nitrogens with two attached hydrogens (primary N) is 1. The summed E-state index contributed by atoms with van der Waals surface area (Å²) < 4.78 is 0. The standard InChI is InChI=1S/C12H20N4/c1-14-10-7-12(15-2,16-3)8-5-4-6-9(13)11(8)10/h4-6,10,14-16H,7,13H2,1-3H3. The molecule has 88 valence electrons. The van der Waals surface area contributed by atoms with E-state index in [0.29, 0.717) is 6.04 Å². The lowest BCUT2D eigenvalue weighted by Gasteiger charge is -2.30. The Kier molecular flexibility index (Phi) is 2.88. The highest BCUT2D eigenvalue weighted by molar-refractivity contribution is 5.57. The van der Waals surface area contributed by atoms with Gasteiger partial charge in [-0.15, -0.1) is 0 Å². The molecule has 5 N–H and O–H groups in total. The third-order valence-corrected chi connectivity index (χ3v) is 3.66. The quantitative estimate of drug-likeness (QED) is 0.443. The average Bonchev–Trinajstić information content (AvgIpc) is 2.65. The lowest BCUT2D eigenvalue weighted by atomic mass is 10.0. The molecule has 0 amide bonds. The normalized spacial score (nSPS) is 22.1. The van der Waals surface area contributed by atoms with Crippen LogP contribution in [0.25, 0.3) is 0 Å². The first kappa shape index (κ1) is 11.4. The second kappa shape index (κ2) is 4.05. The highest BCUT2D eigenvalue weighted by Crippen LogP contribution is 2.43. The number of hydrogen-bond donors (Lipinski definition) is 4. The molecule has 0 spiro atoms. The fourth-order valence-corrected chi connectivity index (χ4v) is 2.71. The van der Waals surface area contributed by atoms with E-state index in [1.54, 1.807) is 0 Å². The van der Waals surface area contributed by atoms with E-state index in [2.05, 4.69) is 22.0 Å². The Balaban J connectivity index is 2.58. The summed E-state index contributed by atoms with van der Waals surface area (Å²) in [5.41, 5.74) is 9.23. The van der Waals surface area contributed by atoms with Crippen LogP contribution in [0.5, 0.6) is 0 Å². The van der Waals surface area contributed by atoms with Crippen LogP contribution in [0.3, 0.4) is 0 Å². The van der Waals surface area contributed by atoms with Crippen molar-refractivity contribution in [2.75, 3.05) is 26.9 Å². The van der Waals surface area contributed by atoms with Gasteiger partial charge in [0.25, 0.3) is 0 Å². The van der Waals surface area contributed by atoms with Gasteiger partial charge in [-0.25, -0.2) is 0 Å². The lowest BCUT2D eigenvalue weighted by Crippen LogP contribution is -2.49. The maximum atomic E-state index is 6.07. The Bertz CT molecular complexity index is 385. The summed E-state index contributed by atoms with van der Waals surface area (Å²) in [5, 5.41) is 10.1. The first-order valence-electron chi connectivity index (χ1n) is 5.62. The molecule has 0 saturated carbocycles. The van der Waals surface area contributed by atoms with E-state index in [0.717, 1.165) is 12.1 Å². The van der Waals surface area contributed by atoms with Gasteiger partial charge in [-0.05, 0) is 38.3 Å². The van der Waals surface area contributed by atoms with Crippen LogP contribution >= 0.6 is 0 Å². The third kappa shape index (κ3) is 1.42. The summed E-state index contributed by atoms with van der Waals surface area (Å²) in [4.78, 5) is 0. The molecule has 0 bridgehead atoms. The summed E-state index contributed by atoms with van der Waals surface area (Å²) >= 11 is 0. The molecule has 0 aliphatic heterocycles. The van der Waals surface area contributed by atoms with Crippen molar-refractivity contribution < 1.29 is 0 Å². The Morgan fingerprint density at radius 1 is 1.25 bits per heavy atom. The first-order valence-corrected chi connectivity index (χ1v) is 5.62. The summed E-state index contributed by atoms with van der Waals surface area (Å²) in [6.45, 7) is 0. The van der Waals surface area contributed by atoms with Crippen LogP contribution in [0.15, 0.2) is 18.2 Å². The second-order valence-corrected chi connectivity index (χ2v) is 4.26. The maximum Gasteiger partial charge on any atom is 0.0967 e. The second-order valence-electron chi connectivity index (χ2n) is 4.26. The van der Waals surface area contributed by atoms with Crippen molar-refractivity contribution in [3.63, 3.8) is 0 Å². The van der Waals surface area contributed by atoms with Crippen LogP contribution in [-0.2, 0) is 5.66 Å². The average molecular weight is 220 g/mol. The molecule has 0 saturated heterocycles. The molecule has 0 aromatic heterocycles. The number of rotatable bonds is 3. The molecule has 1 aliphatic rings. The van der Waals surface area contributed by atoms with Gasteiger partial charge >= 0.3 is 0 Å². The molecule has 0 radical (unpaired) electrons. The van der Waals surface area contributed by atoms with Gasteiger partial charge < -0.3 is 11.1 Å². The summed E-state index contributed by atoms with van der Waals surface area (Å²) in [5.74, 6) is 0. The van der Waals surface area contributed by atoms with Crippen LogP contribution in [0.4, 0.5) is 5.69 Å². The molecular weight excluding hydrogens is 200 g/mol. The highest BCUT2D eigenvalue weighted by atomic mass is 15.2. The van der Waals surface area contributed by atoms with Crippen LogP contribution in [-0.4, -0.2) is 21.1 Å². The van der Waals surface area contributed by atoms with Gasteiger partial charge in [0, 0.05) is 18.2 Å². The molecule has 4 heteroatoms. The van der Waals surface area contributed by atoms with E-state index in [1.165, 1.54) is 11.1 Å². The molecular formula is C12H20N4. The topological polar surface area (TPSA) is 62.1 Å². The Labute approximate surface area is 96.6 Å². The SMILES string of the molecule is CNC1CC(NC)(NC)c2cccc(N)c21. The van der Waals surface area contributed by atoms with Crippen molar-refractivity contribution in [1.82, 2.24) is 16.0 Å². The molecule has 1 atom stereocenters. The molecule has 2 rings (SSSR count). The zero-order valence-electron chi connectivity index (χ0n) is 10.1. The van der Waals surface area contributed by atoms with Gasteiger partial charge in [0.05, 0.1) is 5.66 Å². The van der Waals surface area contributed by atoms with Gasteiger partial charge in [-0.3, -0.25) is 10.6 Å². The van der Waals surface area contributed by atoms with E-state index in [1.807, 2.05) is 33.3 Å². The molecule has 1 unspecified atom stereocenters. The zero-order valence-corrected chi connectivity index (χ0v) is 10.1. The fourth-order valence-electron chi connectivity index (χ4n) is 2.71. The van der Waals surface area contributed by atoms with E-state index < -0.39 is 0 Å². The predicted molar refractivity (Wildman–Crippen MR) is 67.1 cm³/mol. The van der Waals surface area contributed by atoms with E-state index >= 15 is 0 Å². The molecule has 1 aromatic carbocycles. The number of anilines is 1. The summed E-state index contributed by atoms with van der Waals surface area (Å²) in [7, 11) is 5.92. The number of hydrogen-bond acceptors (Lipinski definition) is 4. The van der Waals surface area contributed by atoms with Crippen molar-refractivity contribution in [2.45, 2.75) is 18.1 Å². The van der Waals surface area contributed by atoms with Crippen LogP contribution in [0, 0.1) is 0 Å². The monoisotopic (exact) mass is 220 g/mol. The van der Waals surface area contributed by atoms with Crippen molar-refractivity contribution >= 4 is 5.69 Å². The van der Waals surface area contributed by atoms with Gasteiger partial charge in [0.1, 0.15) is 0 Å². The maximum absolute atomic E-state index is 6.07. The first-order chi connectivity index (χ1) is 7.68. The van der Waals surface area contributed by atoms with Crippen LogP contribution in [0.1, 0.15) is 23.6 Å². The molecule has 1 aromatic rings. The number of nitrogen functional groups attached to an aromatic ring is 1. The van der Waals surface area contributed by atoms with E-state index in [4.69, 9.17) is 5.73 Å². The van der Waals surface area contributed by atoms with Gasteiger partial charge in [0.15, 0.2) is 0 Å². The van der Waals surface area contributed by atoms with Crippen LogP contribution < -0.4 is 21.7 Å². The fraction of sp³-hybridized carbons (Fsp3) is 0.500. The smallest absolute Gasteiger partial charge is 0.0967 e. The molecule has 0 fully saturated rings. The number of nitrogens with one attached hydrogen (secondary N) is 3. The lowest BCUT2D eigenvalue weighted by molar-refractivity contribution is 0.278. The predicted octanol–water partition coefficient (Wildman–Crippen LogP) is 0.525. The highest BCUT2D eigenvalue weighted by Gasteiger charge is 2.42. The molecule has 4 nitrogen and oxygen atoms in total. The minimum atomic E-state index is -0.168. The number of fused-ring (bicyclic) bond motifs is 1. The van der Waals surface area contributed by atoms with Gasteiger partial charge in [0.2, 0.25) is 0 Å². The Morgan fingerprint density at radius 2 is 1.94 bits per heavy atom. The van der Waals surface area contributed by atoms with Crippen LogP contribution in [0.2, 0.25) is 0 Å². The minimum Gasteiger partial charge on any atom is -0.398 e. The van der Waals surface area contributed by atoms with E-state index in [9.17, 15) is 0 Å². The van der Waals surface area contributed by atoms with Crippen molar-refractivity contribution in [3.05, 3.63) is 29.3 Å². The van der Waals surface area contributed by atoms with Gasteiger partial charge in [-0.2, -0.15) is 0 Å².